The summed E-state index contributed by atoms with van der Waals surface area (Å²) in [5.74, 6) is 0. The van der Waals surface area contributed by atoms with Crippen molar-refractivity contribution in [1.29, 1.82) is 0 Å². The standard InChI is InChI=1S/C14H27NO2/c1-13(2)5-7-14(16,8-6-13)11-15-12-4-3-9-17-10-12/h12,15-16H,3-11H2,1-2H3. The minimum Gasteiger partial charge on any atom is -0.389 e. The van der Waals surface area contributed by atoms with E-state index in [4.69, 9.17) is 4.74 Å². The highest BCUT2D eigenvalue weighted by molar-refractivity contribution is 4.91. The Morgan fingerprint density at radius 3 is 2.53 bits per heavy atom. The first-order chi connectivity index (χ1) is 7.99. The summed E-state index contributed by atoms with van der Waals surface area (Å²) >= 11 is 0. The first-order valence-electron chi connectivity index (χ1n) is 7.03. The lowest BCUT2D eigenvalue weighted by atomic mass is 9.71. The maximum atomic E-state index is 10.5. The van der Waals surface area contributed by atoms with Crippen LogP contribution in [0.5, 0.6) is 0 Å². The van der Waals surface area contributed by atoms with Crippen LogP contribution >= 0.6 is 0 Å². The fourth-order valence-corrected chi connectivity index (χ4v) is 2.80. The van der Waals surface area contributed by atoms with E-state index in [2.05, 4.69) is 19.2 Å². The molecule has 0 aromatic carbocycles. The van der Waals surface area contributed by atoms with Crippen molar-refractivity contribution in [1.82, 2.24) is 5.32 Å². The van der Waals surface area contributed by atoms with Crippen LogP contribution in [0, 0.1) is 5.41 Å². The second kappa shape index (κ2) is 5.25. The smallest absolute Gasteiger partial charge is 0.0772 e. The summed E-state index contributed by atoms with van der Waals surface area (Å²) < 4.78 is 5.44. The summed E-state index contributed by atoms with van der Waals surface area (Å²) in [6, 6.07) is 0.447. The summed E-state index contributed by atoms with van der Waals surface area (Å²) in [5, 5.41) is 14.0. The number of hydrogen-bond acceptors (Lipinski definition) is 3. The van der Waals surface area contributed by atoms with Crippen molar-refractivity contribution in [3.8, 4) is 0 Å². The lowest BCUT2D eigenvalue weighted by molar-refractivity contribution is -0.0307. The van der Waals surface area contributed by atoms with Crippen LogP contribution in [0.1, 0.15) is 52.4 Å². The van der Waals surface area contributed by atoms with Gasteiger partial charge in [0.25, 0.3) is 0 Å². The molecule has 3 nitrogen and oxygen atoms in total. The molecule has 2 N–H and O–H groups in total. The molecule has 0 radical (unpaired) electrons. The van der Waals surface area contributed by atoms with Crippen LogP contribution in [0.2, 0.25) is 0 Å². The molecule has 1 atom stereocenters. The van der Waals surface area contributed by atoms with Crippen LogP contribution in [-0.2, 0) is 4.74 Å². The number of rotatable bonds is 3. The van der Waals surface area contributed by atoms with Crippen LogP contribution in [0.25, 0.3) is 0 Å². The van der Waals surface area contributed by atoms with Gasteiger partial charge in [-0.15, -0.1) is 0 Å². The molecule has 1 saturated heterocycles. The van der Waals surface area contributed by atoms with Gasteiger partial charge >= 0.3 is 0 Å². The van der Waals surface area contributed by atoms with Gasteiger partial charge in [-0.1, -0.05) is 13.8 Å². The third-order valence-corrected chi connectivity index (χ3v) is 4.41. The Balaban J connectivity index is 1.74. The lowest BCUT2D eigenvalue weighted by Gasteiger charge is -2.41. The van der Waals surface area contributed by atoms with Crippen molar-refractivity contribution < 1.29 is 9.84 Å². The zero-order valence-electron chi connectivity index (χ0n) is 11.3. The van der Waals surface area contributed by atoms with Crippen molar-refractivity contribution in [2.24, 2.45) is 5.41 Å². The van der Waals surface area contributed by atoms with Crippen LogP contribution in [0.3, 0.4) is 0 Å². The van der Waals surface area contributed by atoms with Crippen molar-refractivity contribution in [3.63, 3.8) is 0 Å². The fourth-order valence-electron chi connectivity index (χ4n) is 2.80. The van der Waals surface area contributed by atoms with Crippen LogP contribution in [0.4, 0.5) is 0 Å². The van der Waals surface area contributed by atoms with Gasteiger partial charge in [-0.3, -0.25) is 0 Å². The maximum absolute atomic E-state index is 10.5. The molecule has 2 fully saturated rings. The molecule has 3 heteroatoms. The van der Waals surface area contributed by atoms with Crippen LogP contribution < -0.4 is 5.32 Å². The number of hydrogen-bond donors (Lipinski definition) is 2. The molecule has 0 bridgehead atoms. The van der Waals surface area contributed by atoms with E-state index in [0.717, 1.165) is 51.9 Å². The van der Waals surface area contributed by atoms with Gasteiger partial charge in [-0.2, -0.15) is 0 Å². The highest BCUT2D eigenvalue weighted by Crippen LogP contribution is 2.39. The number of ether oxygens (including phenoxy) is 1. The Morgan fingerprint density at radius 2 is 1.94 bits per heavy atom. The molecule has 0 amide bonds. The third kappa shape index (κ3) is 3.94. The average molecular weight is 241 g/mol. The van der Waals surface area contributed by atoms with Crippen LogP contribution in [-0.4, -0.2) is 36.5 Å². The Hall–Kier alpha value is -0.120. The SMILES string of the molecule is CC1(C)CCC(O)(CNC2CCCOC2)CC1. The van der Waals surface area contributed by atoms with E-state index in [-0.39, 0.29) is 0 Å². The van der Waals surface area contributed by atoms with Crippen molar-refractivity contribution in [2.75, 3.05) is 19.8 Å². The largest absolute Gasteiger partial charge is 0.389 e. The molecule has 1 saturated carbocycles. The topological polar surface area (TPSA) is 41.5 Å². The molecule has 2 rings (SSSR count). The summed E-state index contributed by atoms with van der Waals surface area (Å²) in [4.78, 5) is 0. The molecule has 100 valence electrons. The maximum Gasteiger partial charge on any atom is 0.0772 e. The molecule has 1 aliphatic heterocycles. The van der Waals surface area contributed by atoms with E-state index >= 15 is 0 Å². The predicted octanol–water partition coefficient (Wildman–Crippen LogP) is 2.09. The monoisotopic (exact) mass is 241 g/mol. The van der Waals surface area contributed by atoms with Gasteiger partial charge < -0.3 is 15.2 Å². The summed E-state index contributed by atoms with van der Waals surface area (Å²) in [6.07, 6.45) is 6.45. The number of aliphatic hydroxyl groups is 1. The number of nitrogens with one attached hydrogen (secondary N) is 1. The molecule has 2 aliphatic rings. The molecule has 0 spiro atoms. The minimum atomic E-state index is -0.479. The molecule has 0 aromatic rings. The highest BCUT2D eigenvalue weighted by atomic mass is 16.5. The van der Waals surface area contributed by atoms with Crippen LogP contribution in [0.15, 0.2) is 0 Å². The minimum absolute atomic E-state index is 0.417. The molecule has 1 unspecified atom stereocenters. The summed E-state index contributed by atoms with van der Waals surface area (Å²) in [5.41, 5.74) is -0.0624. The van der Waals surface area contributed by atoms with E-state index < -0.39 is 5.60 Å². The molecular weight excluding hydrogens is 214 g/mol. The molecule has 0 aromatic heterocycles. The van der Waals surface area contributed by atoms with E-state index in [9.17, 15) is 5.11 Å². The predicted molar refractivity (Wildman–Crippen MR) is 69.0 cm³/mol. The molecule has 17 heavy (non-hydrogen) atoms. The van der Waals surface area contributed by atoms with Gasteiger partial charge in [0.1, 0.15) is 0 Å². The molecular formula is C14H27NO2. The van der Waals surface area contributed by atoms with E-state index in [0.29, 0.717) is 11.5 Å². The Labute approximate surface area is 105 Å². The molecule has 1 heterocycles. The zero-order valence-corrected chi connectivity index (χ0v) is 11.3. The van der Waals surface area contributed by atoms with Gasteiger partial charge in [-0.05, 0) is 43.9 Å². The van der Waals surface area contributed by atoms with Gasteiger partial charge in [0.05, 0.1) is 12.2 Å². The van der Waals surface area contributed by atoms with E-state index in [1.165, 1.54) is 6.42 Å². The fraction of sp³-hybridized carbons (Fsp3) is 1.00. The van der Waals surface area contributed by atoms with Crippen molar-refractivity contribution >= 4 is 0 Å². The summed E-state index contributed by atoms with van der Waals surface area (Å²) in [6.45, 7) is 7.04. The zero-order chi connectivity index (χ0) is 12.4. The first kappa shape index (κ1) is 13.3. The lowest BCUT2D eigenvalue weighted by Crippen LogP contribution is -2.49. The van der Waals surface area contributed by atoms with Gasteiger partial charge in [0.15, 0.2) is 0 Å². The Kier molecular flexibility index (Phi) is 4.11. The second-order valence-electron chi connectivity index (χ2n) is 6.68. The van der Waals surface area contributed by atoms with Gasteiger partial charge in [0, 0.05) is 19.2 Å². The Bertz CT molecular complexity index is 237. The first-order valence-corrected chi connectivity index (χ1v) is 7.03. The third-order valence-electron chi connectivity index (χ3n) is 4.41. The quantitative estimate of drug-likeness (QED) is 0.795. The second-order valence-corrected chi connectivity index (χ2v) is 6.68. The highest BCUT2D eigenvalue weighted by Gasteiger charge is 2.36. The Morgan fingerprint density at radius 1 is 1.24 bits per heavy atom. The van der Waals surface area contributed by atoms with E-state index in [1.54, 1.807) is 0 Å². The van der Waals surface area contributed by atoms with Crippen molar-refractivity contribution in [3.05, 3.63) is 0 Å². The normalized spacial score (nSPS) is 32.3. The van der Waals surface area contributed by atoms with E-state index in [1.807, 2.05) is 0 Å². The van der Waals surface area contributed by atoms with Gasteiger partial charge in [-0.25, -0.2) is 0 Å². The average Bonchev–Trinajstić information content (AvgIpc) is 2.33. The molecule has 1 aliphatic carbocycles. The van der Waals surface area contributed by atoms with Crippen molar-refractivity contribution in [2.45, 2.75) is 64.0 Å². The van der Waals surface area contributed by atoms with Gasteiger partial charge in [0.2, 0.25) is 0 Å². The summed E-state index contributed by atoms with van der Waals surface area (Å²) in [7, 11) is 0.